The van der Waals surface area contributed by atoms with Gasteiger partial charge in [-0.2, -0.15) is 0 Å². The van der Waals surface area contributed by atoms with Crippen molar-refractivity contribution in [2.24, 2.45) is 0 Å². The van der Waals surface area contributed by atoms with E-state index in [0.29, 0.717) is 16.3 Å². The highest BCUT2D eigenvalue weighted by Gasteiger charge is 2.17. The Labute approximate surface area is 186 Å². The molecule has 158 valence electrons. The molecule has 0 aliphatic carbocycles. The Morgan fingerprint density at radius 2 is 1.77 bits per heavy atom. The van der Waals surface area contributed by atoms with Crippen molar-refractivity contribution in [2.45, 2.75) is 0 Å². The fraction of sp³-hybridized carbons (Fsp3) is 0.0476. The van der Waals surface area contributed by atoms with Crippen LogP contribution in [-0.2, 0) is 4.79 Å². The minimum absolute atomic E-state index is 0.0408. The Hall–Kier alpha value is -3.62. The van der Waals surface area contributed by atoms with Gasteiger partial charge in [0.25, 0.3) is 17.5 Å². The molecule has 31 heavy (non-hydrogen) atoms. The van der Waals surface area contributed by atoms with Crippen LogP contribution in [0.4, 0.5) is 5.69 Å². The van der Waals surface area contributed by atoms with Gasteiger partial charge >= 0.3 is 0 Å². The minimum Gasteiger partial charge on any atom is -0.457 e. The summed E-state index contributed by atoms with van der Waals surface area (Å²) in [6, 6.07) is 13.4. The Morgan fingerprint density at radius 3 is 2.39 bits per heavy atom. The molecule has 0 radical (unpaired) electrons. The van der Waals surface area contributed by atoms with Crippen molar-refractivity contribution in [1.82, 2.24) is 10.6 Å². The van der Waals surface area contributed by atoms with Crippen LogP contribution in [0.1, 0.15) is 16.1 Å². The Balaban J connectivity index is 1.86. The average molecular weight is 460 g/mol. The van der Waals surface area contributed by atoms with Gasteiger partial charge in [0.15, 0.2) is 0 Å². The molecule has 0 saturated heterocycles. The lowest BCUT2D eigenvalue weighted by atomic mass is 10.1. The fourth-order valence-electron chi connectivity index (χ4n) is 2.63. The van der Waals surface area contributed by atoms with Crippen molar-refractivity contribution in [2.75, 3.05) is 7.05 Å². The molecule has 0 fully saturated rings. The zero-order valence-electron chi connectivity index (χ0n) is 16.0. The molecule has 1 heterocycles. The van der Waals surface area contributed by atoms with Gasteiger partial charge in [-0.25, -0.2) is 0 Å². The van der Waals surface area contributed by atoms with E-state index in [-0.39, 0.29) is 27.7 Å². The topological polar surface area (TPSA) is 114 Å². The summed E-state index contributed by atoms with van der Waals surface area (Å²) in [7, 11) is 1.42. The Bertz CT molecular complexity index is 1190. The maximum atomic E-state index is 12.6. The number of hydrogen-bond donors (Lipinski definition) is 2. The molecule has 2 amide bonds. The number of nitrogens with zero attached hydrogens (tertiary/aromatic N) is 1. The van der Waals surface area contributed by atoms with Gasteiger partial charge in [0.05, 0.1) is 15.5 Å². The molecular formula is C21H15Cl2N3O5. The van der Waals surface area contributed by atoms with Crippen molar-refractivity contribution in [1.29, 1.82) is 0 Å². The number of non-ortho nitro benzene ring substituents is 1. The largest absolute Gasteiger partial charge is 0.457 e. The van der Waals surface area contributed by atoms with E-state index in [0.717, 1.165) is 0 Å². The summed E-state index contributed by atoms with van der Waals surface area (Å²) < 4.78 is 5.70. The number of furan rings is 1. The first kappa shape index (κ1) is 22.1. The van der Waals surface area contributed by atoms with E-state index in [2.05, 4.69) is 10.6 Å². The van der Waals surface area contributed by atoms with Crippen LogP contribution in [-0.4, -0.2) is 23.8 Å². The summed E-state index contributed by atoms with van der Waals surface area (Å²) in [6.07, 6.45) is 1.36. The van der Waals surface area contributed by atoms with Crippen LogP contribution >= 0.6 is 23.2 Å². The van der Waals surface area contributed by atoms with Crippen molar-refractivity contribution in [3.8, 4) is 11.3 Å². The van der Waals surface area contributed by atoms with Gasteiger partial charge in [-0.1, -0.05) is 23.2 Å². The molecule has 3 aromatic rings. The summed E-state index contributed by atoms with van der Waals surface area (Å²) in [6.45, 7) is 0. The zero-order chi connectivity index (χ0) is 22.5. The number of nitrogens with one attached hydrogen (secondary N) is 2. The van der Waals surface area contributed by atoms with Crippen LogP contribution in [0.3, 0.4) is 0 Å². The second kappa shape index (κ2) is 9.46. The predicted octanol–water partition coefficient (Wildman–Crippen LogP) is 4.68. The van der Waals surface area contributed by atoms with E-state index in [1.807, 2.05) is 0 Å². The third kappa shape index (κ3) is 5.30. The molecule has 0 bridgehead atoms. The number of likely N-dealkylation sites (N-methyl/N-ethyl adjacent to an activating group) is 1. The second-order valence-electron chi connectivity index (χ2n) is 6.22. The van der Waals surface area contributed by atoms with Crippen LogP contribution in [0.5, 0.6) is 0 Å². The lowest BCUT2D eigenvalue weighted by Crippen LogP contribution is -2.33. The monoisotopic (exact) mass is 459 g/mol. The van der Waals surface area contributed by atoms with Crippen LogP contribution in [0, 0.1) is 10.1 Å². The number of amides is 2. The SMILES string of the molecule is CNC(=O)/C(=C\c1ccc(-c2ccc([N+](=O)[O-])cc2)o1)NC(=O)c1ccc(Cl)cc1Cl. The van der Waals surface area contributed by atoms with Crippen LogP contribution in [0.15, 0.2) is 64.7 Å². The van der Waals surface area contributed by atoms with Crippen molar-refractivity contribution in [3.05, 3.63) is 91.8 Å². The molecule has 0 atom stereocenters. The third-order valence-corrected chi connectivity index (χ3v) is 4.72. The fourth-order valence-corrected chi connectivity index (χ4v) is 3.13. The molecular weight excluding hydrogens is 445 g/mol. The van der Waals surface area contributed by atoms with Gasteiger partial charge in [-0.05, 0) is 42.5 Å². The van der Waals surface area contributed by atoms with Gasteiger partial charge in [0.1, 0.15) is 17.2 Å². The molecule has 1 aromatic heterocycles. The molecule has 0 spiro atoms. The maximum Gasteiger partial charge on any atom is 0.269 e. The smallest absolute Gasteiger partial charge is 0.269 e. The van der Waals surface area contributed by atoms with Gasteiger partial charge in [-0.15, -0.1) is 0 Å². The highest BCUT2D eigenvalue weighted by atomic mass is 35.5. The number of benzene rings is 2. The van der Waals surface area contributed by atoms with Crippen LogP contribution < -0.4 is 10.6 Å². The molecule has 0 unspecified atom stereocenters. The van der Waals surface area contributed by atoms with Gasteiger partial charge in [-0.3, -0.25) is 19.7 Å². The standard InChI is InChI=1S/C21H15Cl2N3O5/c1-24-21(28)18(25-20(27)16-8-4-13(22)10-17(16)23)11-15-7-9-19(31-15)12-2-5-14(6-3-12)26(29)30/h2-11H,1H3,(H,24,28)(H,25,27)/b18-11+. The van der Waals surface area contributed by atoms with Crippen molar-refractivity contribution < 1.29 is 18.9 Å². The highest BCUT2D eigenvalue weighted by Crippen LogP contribution is 2.26. The predicted molar refractivity (Wildman–Crippen MR) is 117 cm³/mol. The molecule has 0 saturated carbocycles. The number of nitro groups is 1. The number of carbonyl (C=O) groups is 2. The van der Waals surface area contributed by atoms with Gasteiger partial charge in [0, 0.05) is 35.8 Å². The van der Waals surface area contributed by atoms with Crippen LogP contribution in [0.25, 0.3) is 17.4 Å². The van der Waals surface area contributed by atoms with E-state index >= 15 is 0 Å². The van der Waals surface area contributed by atoms with E-state index in [1.54, 1.807) is 24.3 Å². The zero-order valence-corrected chi connectivity index (χ0v) is 17.5. The quantitative estimate of drug-likeness (QED) is 0.315. The number of nitro benzene ring substituents is 1. The number of carbonyl (C=O) groups excluding carboxylic acids is 2. The lowest BCUT2D eigenvalue weighted by Gasteiger charge is -2.09. The number of halogens is 2. The van der Waals surface area contributed by atoms with E-state index in [1.165, 1.54) is 43.5 Å². The summed E-state index contributed by atoms with van der Waals surface area (Å²) in [5.41, 5.74) is 0.652. The number of hydrogen-bond acceptors (Lipinski definition) is 5. The molecule has 0 aliphatic heterocycles. The van der Waals surface area contributed by atoms with E-state index in [9.17, 15) is 19.7 Å². The normalized spacial score (nSPS) is 11.1. The molecule has 10 heteroatoms. The number of rotatable bonds is 6. The first-order valence-corrected chi connectivity index (χ1v) is 9.59. The first-order chi connectivity index (χ1) is 14.8. The minimum atomic E-state index is -0.598. The summed E-state index contributed by atoms with van der Waals surface area (Å²) >= 11 is 11.9. The Morgan fingerprint density at radius 1 is 1.06 bits per heavy atom. The second-order valence-corrected chi connectivity index (χ2v) is 7.07. The molecule has 8 nitrogen and oxygen atoms in total. The highest BCUT2D eigenvalue weighted by molar-refractivity contribution is 6.36. The Kier molecular flexibility index (Phi) is 6.74. The summed E-state index contributed by atoms with van der Waals surface area (Å²) in [5.74, 6) is -0.427. The van der Waals surface area contributed by atoms with Gasteiger partial charge < -0.3 is 15.1 Å². The molecule has 2 N–H and O–H groups in total. The lowest BCUT2D eigenvalue weighted by molar-refractivity contribution is -0.384. The molecule has 2 aromatic carbocycles. The summed E-state index contributed by atoms with van der Waals surface area (Å²) in [4.78, 5) is 35.1. The van der Waals surface area contributed by atoms with Crippen molar-refractivity contribution in [3.63, 3.8) is 0 Å². The van der Waals surface area contributed by atoms with E-state index < -0.39 is 16.7 Å². The van der Waals surface area contributed by atoms with Gasteiger partial charge in [0.2, 0.25) is 0 Å². The maximum absolute atomic E-state index is 12.6. The third-order valence-electron chi connectivity index (χ3n) is 4.17. The molecule has 3 rings (SSSR count). The molecule has 0 aliphatic rings. The van der Waals surface area contributed by atoms with Crippen LogP contribution in [0.2, 0.25) is 10.0 Å². The first-order valence-electron chi connectivity index (χ1n) is 8.83. The van der Waals surface area contributed by atoms with E-state index in [4.69, 9.17) is 27.6 Å². The average Bonchev–Trinajstić information content (AvgIpc) is 3.21. The van der Waals surface area contributed by atoms with Crippen molar-refractivity contribution >= 4 is 46.8 Å². The summed E-state index contributed by atoms with van der Waals surface area (Å²) in [5, 5.41) is 16.2.